The number of hydrogen-bond acceptors (Lipinski definition) is 3. The third-order valence-corrected chi connectivity index (χ3v) is 4.60. The van der Waals surface area contributed by atoms with Crippen LogP contribution >= 0.6 is 0 Å². The van der Waals surface area contributed by atoms with Gasteiger partial charge in [0.1, 0.15) is 0 Å². The number of aromatic nitrogens is 1. The lowest BCUT2D eigenvalue weighted by molar-refractivity contribution is 0.159. The highest BCUT2D eigenvalue weighted by Gasteiger charge is 2.24. The van der Waals surface area contributed by atoms with Gasteiger partial charge in [-0.3, -0.25) is 4.98 Å². The van der Waals surface area contributed by atoms with E-state index in [0.29, 0.717) is 12.1 Å². The number of piperidine rings is 1. The SMILES string of the molecule is CCCN1CCC(C(C)N[C@@H](C)c2ccncc2)CC1. The Labute approximate surface area is 123 Å². The second-order valence-corrected chi connectivity index (χ2v) is 6.14. The second kappa shape index (κ2) is 7.75. The van der Waals surface area contributed by atoms with Gasteiger partial charge in [-0.05, 0) is 76.4 Å². The van der Waals surface area contributed by atoms with Crippen LogP contribution in [0.1, 0.15) is 51.6 Å². The maximum atomic E-state index is 4.09. The number of nitrogens with zero attached hydrogens (tertiary/aromatic N) is 2. The average molecular weight is 275 g/mol. The van der Waals surface area contributed by atoms with Crippen LogP contribution in [0.4, 0.5) is 0 Å². The summed E-state index contributed by atoms with van der Waals surface area (Å²) in [5.41, 5.74) is 1.33. The van der Waals surface area contributed by atoms with Gasteiger partial charge in [-0.1, -0.05) is 6.92 Å². The molecule has 0 radical (unpaired) electrons. The van der Waals surface area contributed by atoms with E-state index in [0.717, 1.165) is 5.92 Å². The van der Waals surface area contributed by atoms with E-state index >= 15 is 0 Å². The molecule has 1 unspecified atom stereocenters. The molecular weight excluding hydrogens is 246 g/mol. The zero-order chi connectivity index (χ0) is 14.4. The summed E-state index contributed by atoms with van der Waals surface area (Å²) in [6.45, 7) is 10.7. The number of likely N-dealkylation sites (tertiary alicyclic amines) is 1. The van der Waals surface area contributed by atoms with Crippen LogP contribution in [0.5, 0.6) is 0 Å². The molecule has 112 valence electrons. The molecule has 0 amide bonds. The largest absolute Gasteiger partial charge is 0.307 e. The zero-order valence-corrected chi connectivity index (χ0v) is 13.2. The minimum Gasteiger partial charge on any atom is -0.307 e. The van der Waals surface area contributed by atoms with Crippen molar-refractivity contribution in [2.75, 3.05) is 19.6 Å². The molecule has 2 rings (SSSR count). The highest BCUT2D eigenvalue weighted by atomic mass is 15.1. The molecule has 0 bridgehead atoms. The summed E-state index contributed by atoms with van der Waals surface area (Å²) in [6.07, 6.45) is 7.69. The molecule has 0 aromatic carbocycles. The molecule has 1 aromatic heterocycles. The van der Waals surface area contributed by atoms with Crippen LogP contribution in [0.3, 0.4) is 0 Å². The molecule has 1 fully saturated rings. The topological polar surface area (TPSA) is 28.2 Å². The third kappa shape index (κ3) is 4.29. The molecule has 20 heavy (non-hydrogen) atoms. The van der Waals surface area contributed by atoms with Gasteiger partial charge in [0.05, 0.1) is 0 Å². The van der Waals surface area contributed by atoms with E-state index in [2.05, 4.69) is 48.1 Å². The summed E-state index contributed by atoms with van der Waals surface area (Å²) >= 11 is 0. The van der Waals surface area contributed by atoms with Crippen molar-refractivity contribution >= 4 is 0 Å². The van der Waals surface area contributed by atoms with Gasteiger partial charge in [-0.2, -0.15) is 0 Å². The predicted octanol–water partition coefficient (Wildman–Crippen LogP) is 3.24. The van der Waals surface area contributed by atoms with Crippen molar-refractivity contribution in [3.05, 3.63) is 30.1 Å². The molecule has 0 aliphatic carbocycles. The van der Waals surface area contributed by atoms with E-state index in [4.69, 9.17) is 0 Å². The molecule has 1 aliphatic heterocycles. The number of hydrogen-bond donors (Lipinski definition) is 1. The maximum Gasteiger partial charge on any atom is 0.0295 e. The average Bonchev–Trinajstić information content (AvgIpc) is 2.49. The van der Waals surface area contributed by atoms with Crippen molar-refractivity contribution in [3.63, 3.8) is 0 Å². The van der Waals surface area contributed by atoms with Crippen molar-refractivity contribution in [1.82, 2.24) is 15.2 Å². The fraction of sp³-hybridized carbons (Fsp3) is 0.706. The third-order valence-electron chi connectivity index (χ3n) is 4.60. The summed E-state index contributed by atoms with van der Waals surface area (Å²) in [7, 11) is 0. The Morgan fingerprint density at radius 1 is 1.25 bits per heavy atom. The summed E-state index contributed by atoms with van der Waals surface area (Å²) < 4.78 is 0. The highest BCUT2D eigenvalue weighted by Crippen LogP contribution is 2.23. The van der Waals surface area contributed by atoms with E-state index in [9.17, 15) is 0 Å². The standard InChI is InChI=1S/C17H29N3/c1-4-11-20-12-7-17(8-13-20)15(3)19-14(2)16-5-9-18-10-6-16/h5-6,9-10,14-15,17,19H,4,7-8,11-13H2,1-3H3/t14-,15?/m0/s1. The molecule has 1 N–H and O–H groups in total. The lowest BCUT2D eigenvalue weighted by Gasteiger charge is -2.36. The first-order chi connectivity index (χ1) is 9.70. The van der Waals surface area contributed by atoms with Crippen LogP contribution in [0, 0.1) is 5.92 Å². The second-order valence-electron chi connectivity index (χ2n) is 6.14. The van der Waals surface area contributed by atoms with Gasteiger partial charge in [0.25, 0.3) is 0 Å². The molecule has 1 aromatic rings. The molecule has 3 heteroatoms. The van der Waals surface area contributed by atoms with Crippen LogP contribution in [-0.4, -0.2) is 35.6 Å². The highest BCUT2D eigenvalue weighted by molar-refractivity contribution is 5.14. The Bertz CT molecular complexity index is 371. The fourth-order valence-corrected chi connectivity index (χ4v) is 3.27. The minimum absolute atomic E-state index is 0.404. The van der Waals surface area contributed by atoms with Crippen molar-refractivity contribution in [1.29, 1.82) is 0 Å². The zero-order valence-electron chi connectivity index (χ0n) is 13.2. The van der Waals surface area contributed by atoms with Crippen molar-refractivity contribution in [2.24, 2.45) is 5.92 Å². The molecule has 1 saturated heterocycles. The van der Waals surface area contributed by atoms with Crippen molar-refractivity contribution < 1.29 is 0 Å². The normalized spacial score (nSPS) is 20.8. The number of rotatable bonds is 6. The maximum absolute atomic E-state index is 4.09. The first-order valence-electron chi connectivity index (χ1n) is 8.09. The van der Waals surface area contributed by atoms with E-state index in [1.807, 2.05) is 12.4 Å². The van der Waals surface area contributed by atoms with E-state index in [-0.39, 0.29) is 0 Å². The lowest BCUT2D eigenvalue weighted by atomic mass is 9.89. The Kier molecular flexibility index (Phi) is 5.99. The van der Waals surface area contributed by atoms with Crippen molar-refractivity contribution in [3.8, 4) is 0 Å². The first kappa shape index (κ1) is 15.5. The Balaban J connectivity index is 1.79. The van der Waals surface area contributed by atoms with E-state index < -0.39 is 0 Å². The van der Waals surface area contributed by atoms with Gasteiger partial charge >= 0.3 is 0 Å². The Morgan fingerprint density at radius 3 is 2.50 bits per heavy atom. The van der Waals surface area contributed by atoms with Crippen LogP contribution < -0.4 is 5.32 Å². The summed E-state index contributed by atoms with van der Waals surface area (Å²) in [5.74, 6) is 0.812. The Hall–Kier alpha value is -0.930. The number of pyridine rings is 1. The molecule has 2 atom stereocenters. The van der Waals surface area contributed by atoms with Gasteiger partial charge in [-0.15, -0.1) is 0 Å². The smallest absolute Gasteiger partial charge is 0.0295 e. The molecule has 0 saturated carbocycles. The molecule has 1 aliphatic rings. The lowest BCUT2D eigenvalue weighted by Crippen LogP contribution is -2.42. The first-order valence-corrected chi connectivity index (χ1v) is 8.09. The Morgan fingerprint density at radius 2 is 1.90 bits per heavy atom. The van der Waals surface area contributed by atoms with Gasteiger partial charge in [0, 0.05) is 24.5 Å². The minimum atomic E-state index is 0.404. The predicted molar refractivity (Wildman–Crippen MR) is 84.7 cm³/mol. The summed E-state index contributed by atoms with van der Waals surface area (Å²) in [6, 6.07) is 5.20. The van der Waals surface area contributed by atoms with Gasteiger partial charge < -0.3 is 10.2 Å². The molecular formula is C17H29N3. The van der Waals surface area contributed by atoms with Crippen LogP contribution in [0.15, 0.2) is 24.5 Å². The van der Waals surface area contributed by atoms with E-state index in [1.165, 1.54) is 44.5 Å². The molecule has 2 heterocycles. The molecule has 3 nitrogen and oxygen atoms in total. The summed E-state index contributed by atoms with van der Waals surface area (Å²) in [4.78, 5) is 6.70. The van der Waals surface area contributed by atoms with Gasteiger partial charge in [-0.25, -0.2) is 0 Å². The summed E-state index contributed by atoms with van der Waals surface area (Å²) in [5, 5.41) is 3.77. The molecule has 0 spiro atoms. The van der Waals surface area contributed by atoms with E-state index in [1.54, 1.807) is 0 Å². The van der Waals surface area contributed by atoms with Crippen LogP contribution in [0.25, 0.3) is 0 Å². The van der Waals surface area contributed by atoms with Crippen LogP contribution in [-0.2, 0) is 0 Å². The number of nitrogens with one attached hydrogen (secondary N) is 1. The van der Waals surface area contributed by atoms with Gasteiger partial charge in [0.15, 0.2) is 0 Å². The fourth-order valence-electron chi connectivity index (χ4n) is 3.27. The quantitative estimate of drug-likeness (QED) is 0.864. The van der Waals surface area contributed by atoms with Crippen molar-refractivity contribution in [2.45, 2.75) is 52.1 Å². The van der Waals surface area contributed by atoms with Gasteiger partial charge in [0.2, 0.25) is 0 Å². The monoisotopic (exact) mass is 275 g/mol. The van der Waals surface area contributed by atoms with Crippen LogP contribution in [0.2, 0.25) is 0 Å².